The Hall–Kier alpha value is -4.88. The van der Waals surface area contributed by atoms with E-state index in [9.17, 15) is 0 Å². The van der Waals surface area contributed by atoms with E-state index >= 15 is 0 Å². The molecule has 0 radical (unpaired) electrons. The molecule has 1 aliphatic rings. The molecule has 1 aliphatic heterocycles. The number of fused-ring (bicyclic) bond motifs is 2. The van der Waals surface area contributed by atoms with Gasteiger partial charge >= 0.3 is 0 Å². The summed E-state index contributed by atoms with van der Waals surface area (Å²) in [5, 5.41) is 19.5. The lowest BCUT2D eigenvalue weighted by molar-refractivity contribution is 0.997. The third-order valence-corrected chi connectivity index (χ3v) is 8.62. The molecular formula is C37H23N. The second kappa shape index (κ2) is 7.12. The van der Waals surface area contributed by atoms with Crippen molar-refractivity contribution in [3.8, 4) is 0 Å². The SMILES string of the molecule is C=C1NC(Cc2ccc3ccc4cccc5ccc2c3c45)=Cc2cc3ccc4cccc5ccc(c21)c3c45. The summed E-state index contributed by atoms with van der Waals surface area (Å²) in [5.41, 5.74) is 5.96. The Bertz CT molecular complexity index is 2270. The molecule has 8 aromatic carbocycles. The Morgan fingerprint density at radius 1 is 0.526 bits per heavy atom. The molecule has 1 heteroatoms. The normalized spacial score (nSPS) is 13.8. The van der Waals surface area contributed by atoms with Crippen molar-refractivity contribution in [3.05, 3.63) is 132 Å². The molecule has 9 rings (SSSR count). The Morgan fingerprint density at radius 2 is 1.05 bits per heavy atom. The van der Waals surface area contributed by atoms with Crippen molar-refractivity contribution < 1.29 is 0 Å². The van der Waals surface area contributed by atoms with Crippen molar-refractivity contribution in [1.82, 2.24) is 5.32 Å². The van der Waals surface area contributed by atoms with Gasteiger partial charge in [-0.25, -0.2) is 0 Å². The number of hydrogen-bond acceptors (Lipinski definition) is 1. The predicted octanol–water partition coefficient (Wildman–Crippen LogP) is 9.64. The Morgan fingerprint density at radius 3 is 1.74 bits per heavy atom. The first kappa shape index (κ1) is 20.2. The third kappa shape index (κ3) is 2.60. The minimum atomic E-state index is 0.831. The van der Waals surface area contributed by atoms with Gasteiger partial charge in [-0.05, 0) is 87.9 Å². The van der Waals surface area contributed by atoms with Crippen molar-refractivity contribution >= 4 is 76.4 Å². The van der Waals surface area contributed by atoms with E-state index in [0.717, 1.165) is 12.1 Å². The van der Waals surface area contributed by atoms with Gasteiger partial charge in [0.2, 0.25) is 0 Å². The Balaban J connectivity index is 1.23. The average molecular weight is 482 g/mol. The highest BCUT2D eigenvalue weighted by Gasteiger charge is 2.21. The van der Waals surface area contributed by atoms with Crippen molar-refractivity contribution in [2.45, 2.75) is 6.42 Å². The average Bonchev–Trinajstić information content (AvgIpc) is 2.95. The summed E-state index contributed by atoms with van der Waals surface area (Å²) in [6.07, 6.45) is 3.16. The molecule has 0 atom stereocenters. The van der Waals surface area contributed by atoms with Crippen molar-refractivity contribution in [2.24, 2.45) is 0 Å². The maximum atomic E-state index is 4.51. The molecule has 0 bridgehead atoms. The van der Waals surface area contributed by atoms with Crippen LogP contribution in [0.2, 0.25) is 0 Å². The maximum Gasteiger partial charge on any atom is 0.0394 e. The molecule has 1 heterocycles. The van der Waals surface area contributed by atoms with Gasteiger partial charge in [0.1, 0.15) is 0 Å². The van der Waals surface area contributed by atoms with E-state index < -0.39 is 0 Å². The standard InChI is InChI=1S/C37H23N/c1-21-33-29(18-28-13-11-23-5-3-7-25-15-17-32(33)37(28)35(23)25)20-30(38-21)19-27-12-10-26-9-8-22-4-2-6-24-14-16-31(27)36(26)34(22)24/h2-18,20,38H,1,19H2. The molecule has 0 amide bonds. The first-order chi connectivity index (χ1) is 18.7. The molecule has 0 unspecified atom stereocenters. The van der Waals surface area contributed by atoms with Crippen LogP contribution in [0, 0.1) is 0 Å². The molecule has 1 N–H and O–H groups in total. The second-order valence-electron chi connectivity index (χ2n) is 10.7. The molecule has 176 valence electrons. The molecule has 1 nitrogen and oxygen atoms in total. The maximum absolute atomic E-state index is 4.51. The number of hydrogen-bond donors (Lipinski definition) is 1. The third-order valence-electron chi connectivity index (χ3n) is 8.62. The van der Waals surface area contributed by atoms with Crippen LogP contribution in [-0.4, -0.2) is 0 Å². The number of benzene rings is 8. The van der Waals surface area contributed by atoms with Crippen LogP contribution in [0.15, 0.2) is 115 Å². The molecule has 38 heavy (non-hydrogen) atoms. The number of rotatable bonds is 2. The molecular weight excluding hydrogens is 458 g/mol. The van der Waals surface area contributed by atoms with E-state index in [4.69, 9.17) is 0 Å². The zero-order valence-corrected chi connectivity index (χ0v) is 20.8. The second-order valence-corrected chi connectivity index (χ2v) is 10.7. The first-order valence-electron chi connectivity index (χ1n) is 13.3. The highest BCUT2D eigenvalue weighted by atomic mass is 14.9. The quantitative estimate of drug-likeness (QED) is 0.242. The summed E-state index contributed by atoms with van der Waals surface area (Å²) in [7, 11) is 0. The van der Waals surface area contributed by atoms with Gasteiger partial charge in [-0.15, -0.1) is 0 Å². The first-order valence-corrected chi connectivity index (χ1v) is 13.3. The lowest BCUT2D eigenvalue weighted by Crippen LogP contribution is -2.18. The van der Waals surface area contributed by atoms with E-state index in [2.05, 4.69) is 121 Å². The van der Waals surface area contributed by atoms with Gasteiger partial charge in [-0.1, -0.05) is 104 Å². The van der Waals surface area contributed by atoms with Gasteiger partial charge < -0.3 is 5.32 Å². The van der Waals surface area contributed by atoms with Crippen LogP contribution in [0.25, 0.3) is 76.4 Å². The minimum absolute atomic E-state index is 0.831. The van der Waals surface area contributed by atoms with Crippen LogP contribution in [0.4, 0.5) is 0 Å². The summed E-state index contributed by atoms with van der Waals surface area (Å²) in [5.74, 6) is 0. The van der Waals surface area contributed by atoms with Crippen LogP contribution in [0.3, 0.4) is 0 Å². The van der Waals surface area contributed by atoms with Gasteiger partial charge in [0.15, 0.2) is 0 Å². The van der Waals surface area contributed by atoms with E-state index in [1.165, 1.54) is 87.0 Å². The summed E-state index contributed by atoms with van der Waals surface area (Å²) < 4.78 is 0. The van der Waals surface area contributed by atoms with E-state index in [1.54, 1.807) is 0 Å². The zero-order chi connectivity index (χ0) is 25.0. The van der Waals surface area contributed by atoms with Crippen LogP contribution < -0.4 is 5.32 Å². The Kier molecular flexibility index (Phi) is 3.78. The lowest BCUT2D eigenvalue weighted by Gasteiger charge is -2.25. The molecule has 0 spiro atoms. The number of nitrogens with one attached hydrogen (secondary N) is 1. The predicted molar refractivity (Wildman–Crippen MR) is 164 cm³/mol. The molecule has 0 fully saturated rings. The summed E-state index contributed by atoms with van der Waals surface area (Å²) in [6.45, 7) is 4.51. The highest BCUT2D eigenvalue weighted by Crippen LogP contribution is 2.42. The molecule has 0 aromatic heterocycles. The largest absolute Gasteiger partial charge is 0.359 e. The fraction of sp³-hybridized carbons (Fsp3) is 0.0270. The van der Waals surface area contributed by atoms with Gasteiger partial charge in [-0.3, -0.25) is 0 Å². The summed E-state index contributed by atoms with van der Waals surface area (Å²) >= 11 is 0. The van der Waals surface area contributed by atoms with Gasteiger partial charge in [-0.2, -0.15) is 0 Å². The van der Waals surface area contributed by atoms with E-state index in [1.807, 2.05) is 0 Å². The van der Waals surface area contributed by atoms with E-state index in [0.29, 0.717) is 0 Å². The number of allylic oxidation sites excluding steroid dienone is 1. The monoisotopic (exact) mass is 481 g/mol. The lowest BCUT2D eigenvalue weighted by atomic mass is 9.86. The van der Waals surface area contributed by atoms with Gasteiger partial charge in [0.05, 0.1) is 0 Å². The summed E-state index contributed by atoms with van der Waals surface area (Å²) in [6, 6.07) is 38.2. The van der Waals surface area contributed by atoms with Crippen LogP contribution in [-0.2, 0) is 6.42 Å². The van der Waals surface area contributed by atoms with Gasteiger partial charge in [0, 0.05) is 23.4 Å². The van der Waals surface area contributed by atoms with E-state index in [-0.39, 0.29) is 0 Å². The van der Waals surface area contributed by atoms with Crippen LogP contribution in [0.1, 0.15) is 16.7 Å². The molecule has 8 aromatic rings. The van der Waals surface area contributed by atoms with Gasteiger partial charge in [0.25, 0.3) is 0 Å². The van der Waals surface area contributed by atoms with Crippen LogP contribution in [0.5, 0.6) is 0 Å². The molecule has 0 saturated heterocycles. The minimum Gasteiger partial charge on any atom is -0.359 e. The molecule has 0 saturated carbocycles. The topological polar surface area (TPSA) is 12.0 Å². The summed E-state index contributed by atoms with van der Waals surface area (Å²) in [4.78, 5) is 0. The van der Waals surface area contributed by atoms with Crippen molar-refractivity contribution in [1.29, 1.82) is 0 Å². The smallest absolute Gasteiger partial charge is 0.0394 e. The zero-order valence-electron chi connectivity index (χ0n) is 20.8. The fourth-order valence-corrected chi connectivity index (χ4v) is 7.01. The molecule has 0 aliphatic carbocycles. The van der Waals surface area contributed by atoms with Crippen molar-refractivity contribution in [3.63, 3.8) is 0 Å². The van der Waals surface area contributed by atoms with Crippen LogP contribution >= 0.6 is 0 Å². The van der Waals surface area contributed by atoms with Crippen molar-refractivity contribution in [2.75, 3.05) is 0 Å². The Labute approximate surface area is 220 Å². The fourth-order valence-electron chi connectivity index (χ4n) is 7.01. The highest BCUT2D eigenvalue weighted by molar-refractivity contribution is 6.26.